The van der Waals surface area contributed by atoms with Crippen molar-refractivity contribution in [2.45, 2.75) is 160 Å². The van der Waals surface area contributed by atoms with Gasteiger partial charge < -0.3 is 51.4 Å². The van der Waals surface area contributed by atoms with Gasteiger partial charge in [0.05, 0.1) is 18.3 Å². The fourth-order valence-corrected chi connectivity index (χ4v) is 2.65. The van der Waals surface area contributed by atoms with Crippen LogP contribution in [-0.4, -0.2) is 67.3 Å². The van der Waals surface area contributed by atoms with Crippen molar-refractivity contribution in [3.63, 3.8) is 0 Å². The second-order valence-electron chi connectivity index (χ2n) is 16.9. The van der Waals surface area contributed by atoms with Crippen molar-refractivity contribution in [1.29, 1.82) is 0 Å². The molecule has 0 heterocycles. The van der Waals surface area contributed by atoms with Crippen LogP contribution >= 0.6 is 0 Å². The Balaban J connectivity index is -0.000000240. The van der Waals surface area contributed by atoms with E-state index in [9.17, 15) is 30.6 Å². The first-order valence-corrected chi connectivity index (χ1v) is 14.3. The quantitative estimate of drug-likeness (QED) is 0.164. The number of hydrogen-bond donors (Lipinski definition) is 6. The predicted molar refractivity (Wildman–Crippen MR) is 166 cm³/mol. The number of aliphatic hydroxyl groups is 6. The molecule has 240 valence electrons. The van der Waals surface area contributed by atoms with Gasteiger partial charge in [-0.3, -0.25) is 0 Å². The van der Waals surface area contributed by atoms with Gasteiger partial charge in [0.15, 0.2) is 0 Å². The first-order chi connectivity index (χ1) is 16.6. The molecule has 0 radical (unpaired) electrons. The first kappa shape index (κ1) is 47.9. The van der Waals surface area contributed by atoms with Crippen LogP contribution < -0.4 is 0 Å². The molecule has 6 atom stereocenters. The molecule has 6 unspecified atom stereocenters. The van der Waals surface area contributed by atoms with Crippen molar-refractivity contribution in [2.24, 2.45) is 32.5 Å². The van der Waals surface area contributed by atoms with E-state index in [2.05, 4.69) is 20.8 Å². The molecule has 40 heavy (non-hydrogen) atoms. The summed E-state index contributed by atoms with van der Waals surface area (Å²) in [5, 5.41) is 58.3. The first-order valence-electron chi connectivity index (χ1n) is 14.3. The maximum atomic E-state index is 9.73. The van der Waals surface area contributed by atoms with E-state index in [-0.39, 0.29) is 51.8 Å². The molecule has 7 heteroatoms. The van der Waals surface area contributed by atoms with E-state index >= 15 is 0 Å². The van der Waals surface area contributed by atoms with E-state index in [1.54, 1.807) is 0 Å². The van der Waals surface area contributed by atoms with Gasteiger partial charge in [0.25, 0.3) is 0 Å². The van der Waals surface area contributed by atoms with Crippen LogP contribution in [0.15, 0.2) is 0 Å². The number of hydrogen-bond acceptors (Lipinski definition) is 6. The van der Waals surface area contributed by atoms with Crippen molar-refractivity contribution < 1.29 is 66.2 Å². The van der Waals surface area contributed by atoms with Gasteiger partial charge in [-0.2, -0.15) is 0 Å². The zero-order chi connectivity index (χ0) is 32.6. The summed E-state index contributed by atoms with van der Waals surface area (Å²) < 4.78 is 0. The average Bonchev–Trinajstić information content (AvgIpc) is 2.64. The van der Waals surface area contributed by atoms with Crippen molar-refractivity contribution in [1.82, 2.24) is 0 Å². The summed E-state index contributed by atoms with van der Waals surface area (Å²) in [6.07, 6.45) is -1.94. The Kier molecular flexibility index (Phi) is 21.6. The van der Waals surface area contributed by atoms with Crippen LogP contribution in [-0.2, 0) is 0 Å². The van der Waals surface area contributed by atoms with Crippen molar-refractivity contribution in [2.75, 3.05) is 0 Å². The summed E-state index contributed by atoms with van der Waals surface area (Å²) >= 11 is 0. The summed E-state index contributed by atoms with van der Waals surface area (Å²) in [5.41, 5.74) is -1.71. The molecule has 0 aromatic rings. The van der Waals surface area contributed by atoms with Gasteiger partial charge in [-0.25, -0.2) is 0 Å². The molecule has 0 aliphatic carbocycles. The third-order valence-corrected chi connectivity index (χ3v) is 7.04. The summed E-state index contributed by atoms with van der Waals surface area (Å²) in [5.74, 6) is 0. The SMILES string of the molecule is [CH2-]C(C)(C)C(O)CC(O)C(C)(C)C.[CH2-]C(C)(C)C(O)CC(O)C(C)(C)C.[CH2-]C(C)(C)C(O)CC(O)C(C)(C)C.[La+3]. The number of aliphatic hydroxyl groups excluding tert-OH is 6. The molecule has 6 N–H and O–H groups in total. The largest absolute Gasteiger partial charge is 3.00 e. The van der Waals surface area contributed by atoms with Crippen LogP contribution in [0.2, 0.25) is 0 Å². The molecule has 0 amide bonds. The molecular weight excluding hydrogens is 631 g/mol. The third-order valence-electron chi connectivity index (χ3n) is 7.04. The molecule has 0 rings (SSSR count). The van der Waals surface area contributed by atoms with E-state index in [1.807, 2.05) is 104 Å². The second-order valence-corrected chi connectivity index (χ2v) is 16.9. The molecule has 0 aliphatic heterocycles. The second kappa shape index (κ2) is 18.1. The minimum Gasteiger partial charge on any atom is -0.395 e. The van der Waals surface area contributed by atoms with Crippen LogP contribution in [0.25, 0.3) is 0 Å². The monoisotopic (exact) mass is 700 g/mol. The molecule has 0 fully saturated rings. The van der Waals surface area contributed by atoms with Crippen LogP contribution in [0.3, 0.4) is 0 Å². The van der Waals surface area contributed by atoms with E-state index in [4.69, 9.17) is 0 Å². The van der Waals surface area contributed by atoms with E-state index in [0.717, 1.165) is 0 Å². The van der Waals surface area contributed by atoms with Gasteiger partial charge in [0, 0.05) is 18.3 Å². The predicted octanol–water partition coefficient (Wildman–Crippen LogP) is 6.01. The summed E-state index contributed by atoms with van der Waals surface area (Å²) in [4.78, 5) is 0. The van der Waals surface area contributed by atoms with Gasteiger partial charge >= 0.3 is 35.6 Å². The molecule has 0 aromatic heterocycles. The summed E-state index contributed by atoms with van der Waals surface area (Å²) in [7, 11) is 0. The molecule has 0 saturated heterocycles. The van der Waals surface area contributed by atoms with Gasteiger partial charge in [-0.1, -0.05) is 104 Å². The van der Waals surface area contributed by atoms with Crippen LogP contribution in [0.4, 0.5) is 0 Å². The number of rotatable bonds is 9. The van der Waals surface area contributed by atoms with E-state index in [1.165, 1.54) is 0 Å². The Morgan fingerprint density at radius 2 is 0.475 bits per heavy atom. The van der Waals surface area contributed by atoms with Crippen LogP contribution in [0.1, 0.15) is 123 Å². The minimum absolute atomic E-state index is 0. The van der Waals surface area contributed by atoms with Gasteiger partial charge in [0.1, 0.15) is 0 Å². The third kappa shape index (κ3) is 23.4. The molecule has 0 saturated carbocycles. The Bertz CT molecular complexity index is 494. The van der Waals surface area contributed by atoms with Gasteiger partial charge in [-0.15, -0.1) is 16.2 Å². The fraction of sp³-hybridized carbons (Fsp3) is 0.909. The Hall–Kier alpha value is 0.955. The van der Waals surface area contributed by atoms with Crippen LogP contribution in [0.5, 0.6) is 0 Å². The molecule has 0 aliphatic rings. The maximum absolute atomic E-state index is 9.73. The molecule has 6 nitrogen and oxygen atoms in total. The molecule has 0 aromatic carbocycles. The topological polar surface area (TPSA) is 121 Å². The van der Waals surface area contributed by atoms with Crippen molar-refractivity contribution in [3.05, 3.63) is 20.8 Å². The zero-order valence-electron chi connectivity index (χ0n) is 29.0. The Labute approximate surface area is 277 Å². The van der Waals surface area contributed by atoms with Gasteiger partial charge in [-0.05, 0) is 35.5 Å². The minimum atomic E-state index is -0.554. The van der Waals surface area contributed by atoms with Crippen molar-refractivity contribution in [3.8, 4) is 0 Å². The smallest absolute Gasteiger partial charge is 0.395 e. The fourth-order valence-electron chi connectivity index (χ4n) is 2.65. The van der Waals surface area contributed by atoms with Crippen molar-refractivity contribution >= 4 is 0 Å². The van der Waals surface area contributed by atoms with Crippen LogP contribution in [0, 0.1) is 88.9 Å². The average molecular weight is 701 g/mol. The standard InChI is InChI=1S/3C11H23O2.La/c3*1-10(2,3)8(12)7-9(13)11(4,5)6;/h3*8-9,12-13H,1,7H2,2-6H3;/q3*-1;+3. The van der Waals surface area contributed by atoms with Gasteiger partial charge in [0.2, 0.25) is 0 Å². The molecule has 0 bridgehead atoms. The summed E-state index contributed by atoms with van der Waals surface area (Å²) in [6, 6.07) is 0. The Morgan fingerprint density at radius 3 is 0.550 bits per heavy atom. The summed E-state index contributed by atoms with van der Waals surface area (Å²) in [6.45, 7) is 40.4. The van der Waals surface area contributed by atoms with E-state index in [0.29, 0.717) is 19.3 Å². The Morgan fingerprint density at radius 1 is 0.350 bits per heavy atom. The van der Waals surface area contributed by atoms with E-state index < -0.39 is 52.9 Å². The zero-order valence-corrected chi connectivity index (χ0v) is 32.6. The molecule has 0 spiro atoms. The maximum Gasteiger partial charge on any atom is 3.00 e. The molecular formula is C33H69LaO6. The normalized spacial score (nSPS) is 18.0.